The highest BCUT2D eigenvalue weighted by molar-refractivity contribution is 6.10. The van der Waals surface area contributed by atoms with Crippen LogP contribution in [-0.4, -0.2) is 36.1 Å². The summed E-state index contributed by atoms with van der Waals surface area (Å²) in [4.78, 5) is 16.4. The van der Waals surface area contributed by atoms with Crippen molar-refractivity contribution in [1.29, 1.82) is 0 Å². The fraction of sp³-hybridized carbons (Fsp3) is 0.667. The molecule has 0 aromatic carbocycles. The van der Waals surface area contributed by atoms with E-state index in [-0.39, 0.29) is 29.9 Å². The number of hydrogen-bond donors (Lipinski definition) is 1. The van der Waals surface area contributed by atoms with Crippen molar-refractivity contribution in [2.24, 2.45) is 16.8 Å². The highest BCUT2D eigenvalue weighted by atomic mass is 19.1. The van der Waals surface area contributed by atoms with Crippen LogP contribution in [0.3, 0.4) is 0 Å². The van der Waals surface area contributed by atoms with Crippen LogP contribution in [0.5, 0.6) is 0 Å². The molecule has 0 spiro atoms. The van der Waals surface area contributed by atoms with Gasteiger partial charge in [-0.15, -0.1) is 0 Å². The summed E-state index contributed by atoms with van der Waals surface area (Å²) in [5.41, 5.74) is 1.51. The Kier molecular flexibility index (Phi) is 4.83. The Hall–Kier alpha value is -1.65. The fourth-order valence-corrected chi connectivity index (χ4v) is 3.96. The van der Waals surface area contributed by atoms with Crippen molar-refractivity contribution < 1.29 is 19.0 Å². The van der Waals surface area contributed by atoms with E-state index in [9.17, 15) is 14.3 Å². The number of dihydropyridines is 1. The number of esters is 1. The third-order valence-electron chi connectivity index (χ3n) is 5.24. The number of nitrogens with zero attached hydrogens (tertiary/aromatic N) is 1. The number of fused-ring (bicyclic) bond motifs is 1. The van der Waals surface area contributed by atoms with Gasteiger partial charge in [-0.3, -0.25) is 4.99 Å². The molecule has 1 saturated carbocycles. The minimum Gasteiger partial charge on any atom is -0.511 e. The average Bonchev–Trinajstić information content (AvgIpc) is 2.56. The molecule has 1 heterocycles. The van der Waals surface area contributed by atoms with Crippen molar-refractivity contribution in [1.82, 2.24) is 0 Å². The van der Waals surface area contributed by atoms with Crippen molar-refractivity contribution in [2.45, 2.75) is 57.7 Å². The van der Waals surface area contributed by atoms with Gasteiger partial charge in [0.15, 0.2) is 0 Å². The number of carbonyl (C=O) groups excluding carboxylic acids is 1. The van der Waals surface area contributed by atoms with Crippen molar-refractivity contribution in [3.8, 4) is 0 Å². The standard InChI is InChI=1S/C18H24FNO3/c1-2-23-18(22)15-10-20-16-8-5-12(9-14(16)17(15)21)11-3-6-13(19)7-4-11/h3,10,12-14,16,21H,2,4-9H2,1H3. The Morgan fingerprint density at radius 3 is 2.96 bits per heavy atom. The Balaban J connectivity index is 1.75. The Morgan fingerprint density at radius 2 is 2.26 bits per heavy atom. The summed E-state index contributed by atoms with van der Waals surface area (Å²) in [6.45, 7) is 2.01. The smallest absolute Gasteiger partial charge is 0.343 e. The SMILES string of the molecule is CCOC(=O)C1=C(O)C2CC(C3=CCC(F)CC3)CCC2N=C1. The van der Waals surface area contributed by atoms with Crippen LogP contribution in [0.1, 0.15) is 45.4 Å². The van der Waals surface area contributed by atoms with Gasteiger partial charge in [-0.25, -0.2) is 9.18 Å². The minimum atomic E-state index is -0.710. The number of hydrogen-bond acceptors (Lipinski definition) is 4. The molecule has 23 heavy (non-hydrogen) atoms. The molecule has 3 rings (SSSR count). The van der Waals surface area contributed by atoms with Crippen LogP contribution in [0.15, 0.2) is 28.0 Å². The molecule has 0 aromatic rings. The lowest BCUT2D eigenvalue weighted by Gasteiger charge is -2.37. The number of rotatable bonds is 3. The second kappa shape index (κ2) is 6.85. The second-order valence-corrected chi connectivity index (χ2v) is 6.63. The molecule has 4 unspecified atom stereocenters. The lowest BCUT2D eigenvalue weighted by atomic mass is 9.71. The van der Waals surface area contributed by atoms with Gasteiger partial charge in [-0.2, -0.15) is 0 Å². The molecule has 0 radical (unpaired) electrons. The van der Waals surface area contributed by atoms with E-state index in [2.05, 4.69) is 4.99 Å². The van der Waals surface area contributed by atoms with Gasteiger partial charge < -0.3 is 9.84 Å². The van der Waals surface area contributed by atoms with E-state index in [0.29, 0.717) is 18.8 Å². The highest BCUT2D eigenvalue weighted by Crippen LogP contribution is 2.42. The van der Waals surface area contributed by atoms with Gasteiger partial charge in [-0.05, 0) is 51.4 Å². The number of allylic oxidation sites excluding steroid dienone is 2. The van der Waals surface area contributed by atoms with Gasteiger partial charge in [-0.1, -0.05) is 11.6 Å². The van der Waals surface area contributed by atoms with Crippen molar-refractivity contribution in [3.63, 3.8) is 0 Å². The molecule has 1 fully saturated rings. The van der Waals surface area contributed by atoms with Gasteiger partial charge in [0.1, 0.15) is 17.5 Å². The number of aliphatic hydroxyl groups excluding tert-OH is 1. The molecule has 0 amide bonds. The maximum atomic E-state index is 13.3. The van der Waals surface area contributed by atoms with Crippen LogP contribution < -0.4 is 0 Å². The van der Waals surface area contributed by atoms with Crippen LogP contribution >= 0.6 is 0 Å². The maximum absolute atomic E-state index is 13.3. The molecule has 4 atom stereocenters. The quantitative estimate of drug-likeness (QED) is 0.637. The van der Waals surface area contributed by atoms with Gasteiger partial charge in [0.2, 0.25) is 0 Å². The number of ether oxygens (including phenoxy) is 1. The number of aliphatic imine (C=N–C) groups is 1. The first-order valence-electron chi connectivity index (χ1n) is 8.56. The van der Waals surface area contributed by atoms with E-state index in [4.69, 9.17) is 4.74 Å². The molecule has 126 valence electrons. The number of alkyl halides is 1. The highest BCUT2D eigenvalue weighted by Gasteiger charge is 2.38. The topological polar surface area (TPSA) is 58.9 Å². The summed E-state index contributed by atoms with van der Waals surface area (Å²) in [5.74, 6) is -0.149. The van der Waals surface area contributed by atoms with E-state index in [0.717, 1.165) is 25.7 Å². The summed E-state index contributed by atoms with van der Waals surface area (Å²) in [5, 5.41) is 10.5. The molecule has 0 bridgehead atoms. The van der Waals surface area contributed by atoms with Gasteiger partial charge in [0, 0.05) is 12.1 Å². The first kappa shape index (κ1) is 16.2. The van der Waals surface area contributed by atoms with Crippen LogP contribution in [0, 0.1) is 11.8 Å². The number of aliphatic hydroxyl groups is 1. The first-order chi connectivity index (χ1) is 11.1. The first-order valence-corrected chi connectivity index (χ1v) is 8.56. The average molecular weight is 321 g/mol. The lowest BCUT2D eigenvalue weighted by molar-refractivity contribution is -0.138. The second-order valence-electron chi connectivity index (χ2n) is 6.63. The largest absolute Gasteiger partial charge is 0.511 e. The zero-order valence-corrected chi connectivity index (χ0v) is 13.5. The Labute approximate surface area is 136 Å². The van der Waals surface area contributed by atoms with E-state index in [1.54, 1.807) is 6.92 Å². The zero-order valence-electron chi connectivity index (χ0n) is 13.5. The van der Waals surface area contributed by atoms with Crippen molar-refractivity contribution in [3.05, 3.63) is 23.0 Å². The normalized spacial score (nSPS) is 33.9. The molecule has 3 aliphatic rings. The van der Waals surface area contributed by atoms with E-state index in [1.807, 2.05) is 6.08 Å². The summed E-state index contributed by atoms with van der Waals surface area (Å²) < 4.78 is 18.3. The van der Waals surface area contributed by atoms with Crippen molar-refractivity contribution >= 4 is 12.2 Å². The molecule has 5 heteroatoms. The summed E-state index contributed by atoms with van der Waals surface area (Å²) >= 11 is 0. The van der Waals surface area contributed by atoms with Gasteiger partial charge in [0.05, 0.1) is 12.6 Å². The zero-order chi connectivity index (χ0) is 16.4. The molecule has 1 N–H and O–H groups in total. The predicted octanol–water partition coefficient (Wildman–Crippen LogP) is 3.68. The number of halogens is 1. The van der Waals surface area contributed by atoms with Gasteiger partial charge >= 0.3 is 5.97 Å². The summed E-state index contributed by atoms with van der Waals surface area (Å²) in [6.07, 6.45) is 7.39. The van der Waals surface area contributed by atoms with Gasteiger partial charge in [0.25, 0.3) is 0 Å². The van der Waals surface area contributed by atoms with Crippen LogP contribution in [0.4, 0.5) is 4.39 Å². The summed E-state index contributed by atoms with van der Waals surface area (Å²) in [6, 6.07) is 0.0440. The Bertz CT molecular complexity index is 567. The maximum Gasteiger partial charge on any atom is 0.343 e. The molecule has 2 aliphatic carbocycles. The van der Waals surface area contributed by atoms with Crippen LogP contribution in [0.2, 0.25) is 0 Å². The van der Waals surface area contributed by atoms with E-state index >= 15 is 0 Å². The van der Waals surface area contributed by atoms with Crippen molar-refractivity contribution in [2.75, 3.05) is 6.61 Å². The van der Waals surface area contributed by atoms with Crippen LogP contribution in [0.25, 0.3) is 0 Å². The third-order valence-corrected chi connectivity index (χ3v) is 5.24. The Morgan fingerprint density at radius 1 is 1.43 bits per heavy atom. The molecule has 0 aromatic heterocycles. The molecular weight excluding hydrogens is 297 g/mol. The van der Waals surface area contributed by atoms with E-state index < -0.39 is 12.1 Å². The lowest BCUT2D eigenvalue weighted by Crippen LogP contribution is -2.35. The molecular formula is C18H24FNO3. The molecule has 4 nitrogen and oxygen atoms in total. The third kappa shape index (κ3) is 3.33. The number of carbonyl (C=O) groups is 1. The van der Waals surface area contributed by atoms with E-state index in [1.165, 1.54) is 11.8 Å². The molecule has 0 saturated heterocycles. The van der Waals surface area contributed by atoms with Crippen LogP contribution in [-0.2, 0) is 9.53 Å². The minimum absolute atomic E-state index is 0.0440. The fourth-order valence-electron chi connectivity index (χ4n) is 3.96. The summed E-state index contributed by atoms with van der Waals surface area (Å²) in [7, 11) is 0. The predicted molar refractivity (Wildman–Crippen MR) is 86.2 cm³/mol. The molecule has 1 aliphatic heterocycles. The monoisotopic (exact) mass is 321 g/mol.